The van der Waals surface area contributed by atoms with Gasteiger partial charge >= 0.3 is 5.97 Å². The number of allylic oxidation sites excluding steroid dienone is 2. The second kappa shape index (κ2) is 6.07. The van der Waals surface area contributed by atoms with Crippen LogP contribution in [0.1, 0.15) is 49.5 Å². The molecule has 0 aliphatic heterocycles. The van der Waals surface area contributed by atoms with E-state index in [1.165, 1.54) is 0 Å². The van der Waals surface area contributed by atoms with E-state index >= 15 is 0 Å². The zero-order valence-electron chi connectivity index (χ0n) is 13.4. The van der Waals surface area contributed by atoms with Crippen LogP contribution in [0.4, 0.5) is 0 Å². The molecule has 4 nitrogen and oxygen atoms in total. The average Bonchev–Trinajstić information content (AvgIpc) is 2.47. The molecule has 0 saturated carbocycles. The Hall–Kier alpha value is -1.91. The summed E-state index contributed by atoms with van der Waals surface area (Å²) in [6.07, 6.45) is 6.87. The van der Waals surface area contributed by atoms with Crippen LogP contribution in [-0.2, 0) is 4.74 Å². The SMILES string of the molecule is CCC(C)(C)OC(=O)c1ccccc1C1=CCC(N)(N)C=C1. The molecule has 0 fully saturated rings. The molecule has 0 aromatic heterocycles. The van der Waals surface area contributed by atoms with Gasteiger partial charge < -0.3 is 16.2 Å². The first-order chi connectivity index (χ1) is 10.2. The summed E-state index contributed by atoms with van der Waals surface area (Å²) in [6, 6.07) is 7.43. The topological polar surface area (TPSA) is 78.3 Å². The maximum absolute atomic E-state index is 12.5. The molecule has 1 aromatic rings. The lowest BCUT2D eigenvalue weighted by Crippen LogP contribution is -2.47. The molecule has 1 aliphatic rings. The molecule has 0 bridgehead atoms. The molecule has 0 spiro atoms. The summed E-state index contributed by atoms with van der Waals surface area (Å²) in [6.45, 7) is 5.81. The minimum absolute atomic E-state index is 0.311. The lowest BCUT2D eigenvalue weighted by atomic mass is 9.91. The standard InChI is InChI=1S/C18H24N2O2/c1-4-17(2,3)22-16(21)15-8-6-5-7-14(15)13-9-11-18(19,20)12-10-13/h5-11H,4,12,19-20H2,1-3H3. The highest BCUT2D eigenvalue weighted by atomic mass is 16.6. The monoisotopic (exact) mass is 300 g/mol. The first-order valence-electron chi connectivity index (χ1n) is 7.54. The van der Waals surface area contributed by atoms with E-state index in [1.54, 1.807) is 12.1 Å². The van der Waals surface area contributed by atoms with Crippen LogP contribution in [0, 0.1) is 0 Å². The minimum atomic E-state index is -0.816. The van der Waals surface area contributed by atoms with Gasteiger partial charge in [-0.1, -0.05) is 37.3 Å². The van der Waals surface area contributed by atoms with Gasteiger partial charge in [0.25, 0.3) is 0 Å². The van der Waals surface area contributed by atoms with Crippen LogP contribution in [0.25, 0.3) is 5.57 Å². The number of esters is 1. The molecule has 1 aliphatic carbocycles. The third-order valence-corrected chi connectivity index (χ3v) is 3.93. The Bertz CT molecular complexity index is 628. The van der Waals surface area contributed by atoms with Crippen molar-refractivity contribution in [2.75, 3.05) is 0 Å². The Kier molecular flexibility index (Phi) is 4.54. The molecule has 22 heavy (non-hydrogen) atoms. The first kappa shape index (κ1) is 16.5. The molecule has 0 unspecified atom stereocenters. The van der Waals surface area contributed by atoms with Gasteiger partial charge in [0.05, 0.1) is 11.2 Å². The van der Waals surface area contributed by atoms with E-state index in [0.717, 1.165) is 17.6 Å². The Morgan fingerprint density at radius 1 is 1.32 bits per heavy atom. The Labute approximate surface area is 131 Å². The van der Waals surface area contributed by atoms with E-state index in [1.807, 2.05) is 51.1 Å². The van der Waals surface area contributed by atoms with Gasteiger partial charge in [0.1, 0.15) is 5.60 Å². The fourth-order valence-corrected chi connectivity index (χ4v) is 2.16. The van der Waals surface area contributed by atoms with Crippen molar-refractivity contribution in [1.29, 1.82) is 0 Å². The van der Waals surface area contributed by atoms with Gasteiger partial charge in [-0.25, -0.2) is 4.79 Å². The van der Waals surface area contributed by atoms with Crippen LogP contribution >= 0.6 is 0 Å². The summed E-state index contributed by atoms with van der Waals surface area (Å²) in [5.74, 6) is -0.311. The van der Waals surface area contributed by atoms with Crippen LogP contribution in [0.15, 0.2) is 42.5 Å². The van der Waals surface area contributed by atoms with Gasteiger partial charge in [0.15, 0.2) is 0 Å². The molecular weight excluding hydrogens is 276 g/mol. The highest BCUT2D eigenvalue weighted by Gasteiger charge is 2.24. The van der Waals surface area contributed by atoms with Crippen LogP contribution in [0.5, 0.6) is 0 Å². The van der Waals surface area contributed by atoms with Crippen LogP contribution in [0.2, 0.25) is 0 Å². The van der Waals surface area contributed by atoms with Crippen LogP contribution in [-0.4, -0.2) is 17.2 Å². The zero-order valence-corrected chi connectivity index (χ0v) is 13.4. The fraction of sp³-hybridized carbons (Fsp3) is 0.389. The number of carbonyl (C=O) groups excluding carboxylic acids is 1. The van der Waals surface area contributed by atoms with Gasteiger partial charge in [-0.15, -0.1) is 0 Å². The van der Waals surface area contributed by atoms with Crippen molar-refractivity contribution in [3.63, 3.8) is 0 Å². The lowest BCUT2D eigenvalue weighted by molar-refractivity contribution is -0.00246. The molecule has 118 valence electrons. The quantitative estimate of drug-likeness (QED) is 0.662. The van der Waals surface area contributed by atoms with Crippen LogP contribution < -0.4 is 11.5 Å². The van der Waals surface area contributed by atoms with Crippen molar-refractivity contribution in [3.8, 4) is 0 Å². The second-order valence-corrected chi connectivity index (χ2v) is 6.36. The van der Waals surface area contributed by atoms with Crippen LogP contribution in [0.3, 0.4) is 0 Å². The zero-order chi connectivity index (χ0) is 16.4. The molecule has 1 aromatic carbocycles. The second-order valence-electron chi connectivity index (χ2n) is 6.36. The van der Waals surface area contributed by atoms with Crippen molar-refractivity contribution in [2.45, 2.75) is 44.9 Å². The normalized spacial score (nSPS) is 17.0. The van der Waals surface area contributed by atoms with Crippen molar-refractivity contribution in [3.05, 3.63) is 53.6 Å². The molecular formula is C18H24N2O2. The third-order valence-electron chi connectivity index (χ3n) is 3.93. The van der Waals surface area contributed by atoms with Gasteiger partial charge in [-0.3, -0.25) is 0 Å². The van der Waals surface area contributed by atoms with Gasteiger partial charge in [0.2, 0.25) is 0 Å². The van der Waals surface area contributed by atoms with Crippen molar-refractivity contribution in [1.82, 2.24) is 0 Å². The van der Waals surface area contributed by atoms with E-state index in [9.17, 15) is 4.79 Å². The predicted molar refractivity (Wildman–Crippen MR) is 89.1 cm³/mol. The number of benzene rings is 1. The maximum Gasteiger partial charge on any atom is 0.339 e. The number of carbonyl (C=O) groups is 1. The maximum atomic E-state index is 12.5. The molecule has 0 heterocycles. The minimum Gasteiger partial charge on any atom is -0.456 e. The summed E-state index contributed by atoms with van der Waals surface area (Å²) in [7, 11) is 0. The summed E-state index contributed by atoms with van der Waals surface area (Å²) >= 11 is 0. The van der Waals surface area contributed by atoms with Gasteiger partial charge in [-0.05, 0) is 43.5 Å². The Balaban J connectivity index is 2.31. The van der Waals surface area contributed by atoms with Gasteiger partial charge in [0, 0.05) is 6.42 Å². The number of nitrogens with two attached hydrogens (primary N) is 2. The fourth-order valence-electron chi connectivity index (χ4n) is 2.16. The van der Waals surface area contributed by atoms with E-state index in [4.69, 9.17) is 16.2 Å². The molecule has 2 rings (SSSR count). The largest absolute Gasteiger partial charge is 0.456 e. The molecule has 0 saturated heterocycles. The average molecular weight is 300 g/mol. The third kappa shape index (κ3) is 3.84. The Morgan fingerprint density at radius 3 is 2.59 bits per heavy atom. The first-order valence-corrected chi connectivity index (χ1v) is 7.54. The van der Waals surface area contributed by atoms with Gasteiger partial charge in [-0.2, -0.15) is 0 Å². The van der Waals surface area contributed by atoms with Crippen molar-refractivity contribution < 1.29 is 9.53 Å². The molecule has 0 radical (unpaired) electrons. The van der Waals surface area contributed by atoms with Crippen molar-refractivity contribution >= 4 is 11.5 Å². The number of hydrogen-bond donors (Lipinski definition) is 2. The highest BCUT2D eigenvalue weighted by molar-refractivity contribution is 5.97. The number of rotatable bonds is 4. The number of hydrogen-bond acceptors (Lipinski definition) is 4. The summed E-state index contributed by atoms with van der Waals surface area (Å²) in [5.41, 5.74) is 12.8. The molecule has 0 atom stereocenters. The number of ether oxygens (including phenoxy) is 1. The van der Waals surface area contributed by atoms with Crippen molar-refractivity contribution in [2.24, 2.45) is 11.5 Å². The van der Waals surface area contributed by atoms with E-state index in [2.05, 4.69) is 0 Å². The smallest absolute Gasteiger partial charge is 0.339 e. The molecule has 4 heteroatoms. The highest BCUT2D eigenvalue weighted by Crippen LogP contribution is 2.27. The predicted octanol–water partition coefficient (Wildman–Crippen LogP) is 2.99. The van der Waals surface area contributed by atoms with E-state index in [0.29, 0.717) is 12.0 Å². The van der Waals surface area contributed by atoms with E-state index in [-0.39, 0.29) is 5.97 Å². The Morgan fingerprint density at radius 2 is 2.00 bits per heavy atom. The lowest BCUT2D eigenvalue weighted by Gasteiger charge is -2.25. The molecule has 4 N–H and O–H groups in total. The summed E-state index contributed by atoms with van der Waals surface area (Å²) < 4.78 is 5.61. The summed E-state index contributed by atoms with van der Waals surface area (Å²) in [5, 5.41) is 0. The summed E-state index contributed by atoms with van der Waals surface area (Å²) in [4.78, 5) is 12.5. The van der Waals surface area contributed by atoms with E-state index < -0.39 is 11.3 Å². The molecule has 0 amide bonds.